The number of aromatic nitrogens is 2. The molecule has 0 atom stereocenters. The molecule has 2 aromatic carbocycles. The number of carbonyl (C=O) groups is 1. The van der Waals surface area contributed by atoms with E-state index in [9.17, 15) is 14.9 Å². The molecule has 27 heavy (non-hydrogen) atoms. The van der Waals surface area contributed by atoms with E-state index >= 15 is 0 Å². The van der Waals surface area contributed by atoms with E-state index in [1.54, 1.807) is 12.1 Å². The van der Waals surface area contributed by atoms with Crippen LogP contribution in [0.3, 0.4) is 0 Å². The Hall–Kier alpha value is -3.55. The number of aryl methyl sites for hydroxylation is 1. The maximum atomic E-state index is 11.9. The van der Waals surface area contributed by atoms with Gasteiger partial charge >= 0.3 is 0 Å². The molecule has 0 spiro atoms. The van der Waals surface area contributed by atoms with Crippen molar-refractivity contribution in [2.45, 2.75) is 19.3 Å². The number of hydrogen-bond acceptors (Lipinski definition) is 6. The normalized spacial score (nSPS) is 10.5. The summed E-state index contributed by atoms with van der Waals surface area (Å²) in [6.07, 6.45) is 1.52. The summed E-state index contributed by atoms with van der Waals surface area (Å²) in [5, 5.41) is 17.4. The smallest absolute Gasteiger partial charge is 0.269 e. The van der Waals surface area contributed by atoms with Gasteiger partial charge in [0.05, 0.1) is 4.92 Å². The van der Waals surface area contributed by atoms with E-state index in [-0.39, 0.29) is 11.6 Å². The molecule has 0 saturated heterocycles. The van der Waals surface area contributed by atoms with Crippen LogP contribution in [0.25, 0.3) is 11.4 Å². The Kier molecular flexibility index (Phi) is 5.88. The summed E-state index contributed by atoms with van der Waals surface area (Å²) < 4.78 is 5.16. The molecule has 3 rings (SSSR count). The number of carbonyl (C=O) groups excluding carboxylic acids is 1. The maximum absolute atomic E-state index is 11.9. The monoisotopic (exact) mass is 366 g/mol. The highest BCUT2D eigenvalue weighted by Crippen LogP contribution is 2.19. The summed E-state index contributed by atoms with van der Waals surface area (Å²) in [4.78, 5) is 26.3. The highest BCUT2D eigenvalue weighted by atomic mass is 16.6. The minimum atomic E-state index is -0.466. The Morgan fingerprint density at radius 2 is 1.81 bits per heavy atom. The molecular formula is C19H18N4O4. The first-order valence-corrected chi connectivity index (χ1v) is 8.50. The second-order valence-corrected chi connectivity index (χ2v) is 5.90. The van der Waals surface area contributed by atoms with Crippen LogP contribution in [0.5, 0.6) is 0 Å². The number of nitro benzene ring substituents is 1. The van der Waals surface area contributed by atoms with Gasteiger partial charge in [-0.2, -0.15) is 4.98 Å². The molecule has 0 fully saturated rings. The summed E-state index contributed by atoms with van der Waals surface area (Å²) in [5.74, 6) is 0.718. The summed E-state index contributed by atoms with van der Waals surface area (Å²) in [6, 6.07) is 15.7. The second kappa shape index (κ2) is 8.70. The number of hydrogen-bond donors (Lipinski definition) is 1. The van der Waals surface area contributed by atoms with Gasteiger partial charge in [-0.25, -0.2) is 0 Å². The zero-order valence-corrected chi connectivity index (χ0v) is 14.5. The van der Waals surface area contributed by atoms with Crippen molar-refractivity contribution in [2.24, 2.45) is 0 Å². The number of nitro groups is 1. The third kappa shape index (κ3) is 5.21. The van der Waals surface area contributed by atoms with E-state index < -0.39 is 4.92 Å². The van der Waals surface area contributed by atoms with E-state index in [1.807, 2.05) is 30.3 Å². The molecule has 3 aromatic rings. The molecule has 8 nitrogen and oxygen atoms in total. The highest BCUT2D eigenvalue weighted by molar-refractivity contribution is 5.76. The summed E-state index contributed by atoms with van der Waals surface area (Å²) in [5.41, 5.74) is 1.75. The van der Waals surface area contributed by atoms with Gasteiger partial charge in [-0.1, -0.05) is 35.5 Å². The third-order valence-electron chi connectivity index (χ3n) is 3.95. The lowest BCUT2D eigenvalue weighted by molar-refractivity contribution is -0.384. The molecule has 0 aliphatic carbocycles. The molecule has 0 aliphatic rings. The lowest BCUT2D eigenvalue weighted by Gasteiger charge is -2.03. The average molecular weight is 366 g/mol. The van der Waals surface area contributed by atoms with E-state index in [4.69, 9.17) is 4.52 Å². The molecular weight excluding hydrogens is 348 g/mol. The summed E-state index contributed by atoms with van der Waals surface area (Å²) >= 11 is 0. The largest absolute Gasteiger partial charge is 0.356 e. The minimum Gasteiger partial charge on any atom is -0.356 e. The first-order chi connectivity index (χ1) is 13.1. The lowest BCUT2D eigenvalue weighted by Crippen LogP contribution is -2.25. The van der Waals surface area contributed by atoms with Gasteiger partial charge in [0.15, 0.2) is 0 Å². The zero-order chi connectivity index (χ0) is 19.1. The van der Waals surface area contributed by atoms with Gasteiger partial charge in [0.1, 0.15) is 0 Å². The van der Waals surface area contributed by atoms with Crippen molar-refractivity contribution in [2.75, 3.05) is 6.54 Å². The van der Waals surface area contributed by atoms with Gasteiger partial charge in [0, 0.05) is 37.1 Å². The highest BCUT2D eigenvalue weighted by Gasteiger charge is 2.11. The van der Waals surface area contributed by atoms with Crippen LogP contribution >= 0.6 is 0 Å². The van der Waals surface area contributed by atoms with Gasteiger partial charge in [-0.05, 0) is 24.1 Å². The predicted molar refractivity (Wildman–Crippen MR) is 97.9 cm³/mol. The number of benzene rings is 2. The third-order valence-corrected chi connectivity index (χ3v) is 3.95. The molecule has 0 aliphatic heterocycles. The fourth-order valence-electron chi connectivity index (χ4n) is 2.51. The van der Waals surface area contributed by atoms with Crippen molar-refractivity contribution in [3.05, 3.63) is 76.2 Å². The Morgan fingerprint density at radius 1 is 1.07 bits per heavy atom. The SMILES string of the molecule is O=C(CCc1ccccc1)NCCc1nc(-c2ccc([N+](=O)[O-])cc2)no1. The molecule has 0 radical (unpaired) electrons. The summed E-state index contributed by atoms with van der Waals surface area (Å²) in [7, 11) is 0. The summed E-state index contributed by atoms with van der Waals surface area (Å²) in [6.45, 7) is 0.398. The molecule has 0 unspecified atom stereocenters. The topological polar surface area (TPSA) is 111 Å². The number of nitrogens with zero attached hydrogens (tertiary/aromatic N) is 3. The Balaban J connectivity index is 1.45. The van der Waals surface area contributed by atoms with E-state index in [0.29, 0.717) is 43.1 Å². The number of rotatable bonds is 8. The van der Waals surface area contributed by atoms with Crippen LogP contribution in [0, 0.1) is 10.1 Å². The van der Waals surface area contributed by atoms with Crippen molar-refractivity contribution < 1.29 is 14.2 Å². The predicted octanol–water partition coefficient (Wildman–Crippen LogP) is 2.94. The van der Waals surface area contributed by atoms with Crippen LogP contribution in [0.4, 0.5) is 5.69 Å². The quantitative estimate of drug-likeness (QED) is 0.485. The Labute approximate surface area is 155 Å². The van der Waals surface area contributed by atoms with Crippen LogP contribution in [0.15, 0.2) is 59.1 Å². The van der Waals surface area contributed by atoms with Crippen LogP contribution in [-0.4, -0.2) is 27.5 Å². The van der Waals surface area contributed by atoms with E-state index in [0.717, 1.165) is 5.56 Å². The molecule has 0 saturated carbocycles. The minimum absolute atomic E-state index is 0.000633. The van der Waals surface area contributed by atoms with Crippen LogP contribution in [-0.2, 0) is 17.6 Å². The van der Waals surface area contributed by atoms with E-state index in [1.165, 1.54) is 12.1 Å². The molecule has 1 amide bonds. The van der Waals surface area contributed by atoms with Crippen LogP contribution < -0.4 is 5.32 Å². The van der Waals surface area contributed by atoms with Crippen molar-refractivity contribution in [3.8, 4) is 11.4 Å². The van der Waals surface area contributed by atoms with Crippen LogP contribution in [0.2, 0.25) is 0 Å². The van der Waals surface area contributed by atoms with E-state index in [2.05, 4.69) is 15.5 Å². The molecule has 8 heteroatoms. The maximum Gasteiger partial charge on any atom is 0.269 e. The van der Waals surface area contributed by atoms with Crippen molar-refractivity contribution >= 4 is 11.6 Å². The van der Waals surface area contributed by atoms with Crippen molar-refractivity contribution in [3.63, 3.8) is 0 Å². The van der Waals surface area contributed by atoms with Gasteiger partial charge in [0.2, 0.25) is 17.6 Å². The van der Waals surface area contributed by atoms with Crippen molar-refractivity contribution in [1.82, 2.24) is 15.5 Å². The van der Waals surface area contributed by atoms with Gasteiger partial charge in [-0.15, -0.1) is 0 Å². The first-order valence-electron chi connectivity index (χ1n) is 8.50. The average Bonchev–Trinajstić information content (AvgIpc) is 3.16. The van der Waals surface area contributed by atoms with Crippen LogP contribution in [0.1, 0.15) is 17.9 Å². The number of non-ortho nitro benzene ring substituents is 1. The Bertz CT molecular complexity index is 907. The second-order valence-electron chi connectivity index (χ2n) is 5.90. The fourth-order valence-corrected chi connectivity index (χ4v) is 2.51. The standard InChI is InChI=1S/C19H18N4O4/c24-17(11-6-14-4-2-1-3-5-14)20-13-12-18-21-19(22-27-18)15-7-9-16(10-8-15)23(25)26/h1-5,7-10H,6,11-13H2,(H,20,24). The molecule has 138 valence electrons. The molecule has 1 aromatic heterocycles. The molecule has 1 heterocycles. The van der Waals surface area contributed by atoms with Gasteiger partial charge < -0.3 is 9.84 Å². The number of amides is 1. The molecule has 1 N–H and O–H groups in total. The number of nitrogens with one attached hydrogen (secondary N) is 1. The fraction of sp³-hybridized carbons (Fsp3) is 0.211. The zero-order valence-electron chi connectivity index (χ0n) is 14.5. The molecule has 0 bridgehead atoms. The Morgan fingerprint density at radius 3 is 2.52 bits per heavy atom. The lowest BCUT2D eigenvalue weighted by atomic mass is 10.1. The van der Waals surface area contributed by atoms with Crippen molar-refractivity contribution in [1.29, 1.82) is 0 Å². The van der Waals surface area contributed by atoms with Gasteiger partial charge in [-0.3, -0.25) is 14.9 Å². The van der Waals surface area contributed by atoms with Gasteiger partial charge in [0.25, 0.3) is 5.69 Å². The first kappa shape index (κ1) is 18.2.